The Morgan fingerprint density at radius 2 is 1.97 bits per heavy atom. The van der Waals surface area contributed by atoms with Crippen molar-refractivity contribution in [2.45, 2.75) is 32.7 Å². The number of methoxy groups -OCH3 is 1. The van der Waals surface area contributed by atoms with Crippen LogP contribution in [0.3, 0.4) is 0 Å². The summed E-state index contributed by atoms with van der Waals surface area (Å²) in [6, 6.07) is 9.88. The number of nitrogens with one attached hydrogen (secondary N) is 1. The van der Waals surface area contributed by atoms with Crippen LogP contribution in [0.5, 0.6) is 0 Å². The van der Waals surface area contributed by atoms with E-state index >= 15 is 0 Å². The summed E-state index contributed by atoms with van der Waals surface area (Å²) < 4.78 is 32.3. The Hall–Kier alpha value is -2.25. The first-order valence-electron chi connectivity index (χ1n) is 10.4. The fraction of sp³-hybridized carbons (Fsp3) is 0.435. The van der Waals surface area contributed by atoms with E-state index in [-0.39, 0.29) is 0 Å². The maximum atomic E-state index is 13.5. The number of nitrogens with zero attached hydrogens (tertiary/aromatic N) is 2. The predicted molar refractivity (Wildman–Crippen MR) is 122 cm³/mol. The summed E-state index contributed by atoms with van der Waals surface area (Å²) in [5.74, 6) is -1.29. The summed E-state index contributed by atoms with van der Waals surface area (Å²) in [5.41, 5.74) is 4.13. The molecule has 0 radical (unpaired) electrons. The molecule has 2 aromatic rings. The molecule has 30 heavy (non-hydrogen) atoms. The number of benzene rings is 2. The van der Waals surface area contributed by atoms with Crippen molar-refractivity contribution in [3.8, 4) is 0 Å². The lowest BCUT2D eigenvalue weighted by molar-refractivity contribution is 0.175. The summed E-state index contributed by atoms with van der Waals surface area (Å²) in [4.78, 5) is 4.41. The molecule has 0 bridgehead atoms. The molecule has 2 aromatic carbocycles. The van der Waals surface area contributed by atoms with Crippen molar-refractivity contribution in [1.29, 1.82) is 0 Å². The number of rotatable bonds is 8. The zero-order valence-corrected chi connectivity index (χ0v) is 18.4. The Bertz CT molecular complexity index is 857. The van der Waals surface area contributed by atoms with Gasteiger partial charge in [-0.1, -0.05) is 19.1 Å². The van der Waals surface area contributed by atoms with Gasteiger partial charge in [-0.25, -0.2) is 8.78 Å². The number of hydrogen-bond acceptors (Lipinski definition) is 3. The number of anilines is 2. The second-order valence-corrected chi connectivity index (χ2v) is 7.94. The standard InChI is InChI=1S/C23H29F2N3OS/c1-3-8-27-9-4-5-18-12-17(6-7-22(18)27)16-28(10-11-29-2)23(30)26-21-14-19(24)13-20(25)15-21/h6-7,12-15H,3-5,8-11,16H2,1-2H3,(H,26,30). The van der Waals surface area contributed by atoms with Crippen LogP contribution in [0.4, 0.5) is 20.2 Å². The lowest BCUT2D eigenvalue weighted by Crippen LogP contribution is -2.37. The van der Waals surface area contributed by atoms with Gasteiger partial charge in [-0.05, 0) is 60.8 Å². The summed E-state index contributed by atoms with van der Waals surface area (Å²) in [6.45, 7) is 6.04. The minimum atomic E-state index is -0.643. The fourth-order valence-electron chi connectivity index (χ4n) is 3.83. The molecule has 0 saturated carbocycles. The Labute approximate surface area is 182 Å². The first kappa shape index (κ1) is 22.4. The topological polar surface area (TPSA) is 27.7 Å². The van der Waals surface area contributed by atoms with Crippen molar-refractivity contribution in [3.63, 3.8) is 0 Å². The molecular weight excluding hydrogens is 404 g/mol. The highest BCUT2D eigenvalue weighted by atomic mass is 32.1. The van der Waals surface area contributed by atoms with Crippen LogP contribution in [-0.2, 0) is 17.7 Å². The highest BCUT2D eigenvalue weighted by molar-refractivity contribution is 7.80. The maximum Gasteiger partial charge on any atom is 0.173 e. The van der Waals surface area contributed by atoms with E-state index in [2.05, 4.69) is 35.3 Å². The molecule has 0 fully saturated rings. The van der Waals surface area contributed by atoms with Gasteiger partial charge in [0.2, 0.25) is 0 Å². The Kier molecular flexibility index (Phi) is 7.99. The quantitative estimate of drug-likeness (QED) is 0.593. The summed E-state index contributed by atoms with van der Waals surface area (Å²) in [5, 5.41) is 3.36. The number of fused-ring (bicyclic) bond motifs is 1. The van der Waals surface area contributed by atoms with Gasteiger partial charge in [0.1, 0.15) is 11.6 Å². The molecule has 1 heterocycles. The first-order chi connectivity index (χ1) is 14.5. The number of aryl methyl sites for hydroxylation is 1. The minimum Gasteiger partial charge on any atom is -0.383 e. The second kappa shape index (κ2) is 10.7. The Morgan fingerprint density at radius 1 is 1.20 bits per heavy atom. The molecule has 0 aliphatic carbocycles. The number of halogens is 2. The van der Waals surface area contributed by atoms with Crippen molar-refractivity contribution in [2.75, 3.05) is 43.6 Å². The maximum absolute atomic E-state index is 13.5. The van der Waals surface area contributed by atoms with Gasteiger partial charge in [0.05, 0.1) is 6.61 Å². The molecule has 1 aliphatic heterocycles. The van der Waals surface area contributed by atoms with Crippen LogP contribution in [0, 0.1) is 11.6 Å². The highest BCUT2D eigenvalue weighted by Gasteiger charge is 2.18. The van der Waals surface area contributed by atoms with Crippen molar-refractivity contribution < 1.29 is 13.5 Å². The fourth-order valence-corrected chi connectivity index (χ4v) is 4.11. The smallest absolute Gasteiger partial charge is 0.173 e. The molecule has 0 atom stereocenters. The lowest BCUT2D eigenvalue weighted by atomic mass is 9.99. The molecule has 0 unspecified atom stereocenters. The van der Waals surface area contributed by atoms with E-state index in [4.69, 9.17) is 17.0 Å². The Morgan fingerprint density at radius 3 is 2.67 bits per heavy atom. The summed E-state index contributed by atoms with van der Waals surface area (Å²) in [6.07, 6.45) is 3.37. The zero-order valence-electron chi connectivity index (χ0n) is 17.6. The first-order valence-corrected chi connectivity index (χ1v) is 10.8. The third-order valence-electron chi connectivity index (χ3n) is 5.19. The molecule has 0 saturated heterocycles. The molecule has 0 spiro atoms. The molecule has 0 amide bonds. The highest BCUT2D eigenvalue weighted by Crippen LogP contribution is 2.28. The van der Waals surface area contributed by atoms with E-state index in [1.165, 1.54) is 23.4 Å². The molecule has 162 valence electrons. The third kappa shape index (κ3) is 5.89. The van der Waals surface area contributed by atoms with Crippen LogP contribution >= 0.6 is 12.2 Å². The zero-order chi connectivity index (χ0) is 21.5. The largest absolute Gasteiger partial charge is 0.383 e. The van der Waals surface area contributed by atoms with E-state index in [1.807, 2.05) is 4.90 Å². The van der Waals surface area contributed by atoms with Crippen molar-refractivity contribution in [3.05, 3.63) is 59.2 Å². The number of ether oxygens (including phenoxy) is 1. The van der Waals surface area contributed by atoms with Gasteiger partial charge in [-0.2, -0.15) is 0 Å². The molecular formula is C23H29F2N3OS. The van der Waals surface area contributed by atoms with Crippen LogP contribution in [0.2, 0.25) is 0 Å². The molecule has 3 rings (SSSR count). The molecule has 1 aliphatic rings. The second-order valence-electron chi connectivity index (χ2n) is 7.56. The van der Waals surface area contributed by atoms with Crippen LogP contribution in [0.15, 0.2) is 36.4 Å². The number of hydrogen-bond donors (Lipinski definition) is 1. The Balaban J connectivity index is 1.75. The lowest BCUT2D eigenvalue weighted by Gasteiger charge is -2.32. The van der Waals surface area contributed by atoms with E-state index in [0.29, 0.717) is 30.5 Å². The van der Waals surface area contributed by atoms with Crippen LogP contribution in [0.1, 0.15) is 30.9 Å². The van der Waals surface area contributed by atoms with Gasteiger partial charge in [0.15, 0.2) is 5.11 Å². The van der Waals surface area contributed by atoms with Gasteiger partial charge in [0.25, 0.3) is 0 Å². The van der Waals surface area contributed by atoms with E-state index in [1.54, 1.807) is 7.11 Å². The monoisotopic (exact) mass is 433 g/mol. The predicted octanol–water partition coefficient (Wildman–Crippen LogP) is 4.97. The molecule has 4 nitrogen and oxygen atoms in total. The van der Waals surface area contributed by atoms with Crippen molar-refractivity contribution in [2.24, 2.45) is 0 Å². The molecule has 1 N–H and O–H groups in total. The van der Waals surface area contributed by atoms with Crippen LogP contribution < -0.4 is 10.2 Å². The van der Waals surface area contributed by atoms with Crippen molar-refractivity contribution in [1.82, 2.24) is 4.90 Å². The van der Waals surface area contributed by atoms with Gasteiger partial charge >= 0.3 is 0 Å². The van der Waals surface area contributed by atoms with E-state index < -0.39 is 11.6 Å². The third-order valence-corrected chi connectivity index (χ3v) is 5.55. The SMILES string of the molecule is CCCN1CCCc2cc(CN(CCOC)C(=S)Nc3cc(F)cc(F)c3)ccc21. The normalized spacial score (nSPS) is 13.1. The molecule has 7 heteroatoms. The van der Waals surface area contributed by atoms with Gasteiger partial charge in [0, 0.05) is 50.7 Å². The molecule has 0 aromatic heterocycles. The van der Waals surface area contributed by atoms with Crippen molar-refractivity contribution >= 4 is 28.7 Å². The van der Waals surface area contributed by atoms with Gasteiger partial charge in [-0.3, -0.25) is 0 Å². The van der Waals surface area contributed by atoms with Gasteiger partial charge in [-0.15, -0.1) is 0 Å². The van der Waals surface area contributed by atoms with Crippen LogP contribution in [0.25, 0.3) is 0 Å². The average Bonchev–Trinajstić information content (AvgIpc) is 2.70. The summed E-state index contributed by atoms with van der Waals surface area (Å²) in [7, 11) is 1.64. The average molecular weight is 434 g/mol. The van der Waals surface area contributed by atoms with Gasteiger partial charge < -0.3 is 19.9 Å². The van der Waals surface area contributed by atoms with E-state index in [9.17, 15) is 8.78 Å². The minimum absolute atomic E-state index is 0.292. The van der Waals surface area contributed by atoms with E-state index in [0.717, 1.165) is 44.0 Å². The number of thiocarbonyl (C=S) groups is 1. The summed E-state index contributed by atoms with van der Waals surface area (Å²) >= 11 is 5.54. The van der Waals surface area contributed by atoms with Crippen LogP contribution in [-0.4, -0.2) is 43.4 Å².